The zero-order valence-electron chi connectivity index (χ0n) is 14.2. The van der Waals surface area contributed by atoms with Crippen molar-refractivity contribution in [3.05, 3.63) is 95.8 Å². The molecule has 1 aromatic heterocycles. The topological polar surface area (TPSA) is 45.2 Å². The van der Waals surface area contributed by atoms with Crippen molar-refractivity contribution in [2.24, 2.45) is 0 Å². The number of hydrogen-bond donors (Lipinski definition) is 1. The van der Waals surface area contributed by atoms with Gasteiger partial charge in [-0.1, -0.05) is 42.5 Å². The third kappa shape index (κ3) is 4.67. The second-order valence-corrected chi connectivity index (χ2v) is 5.90. The van der Waals surface area contributed by atoms with E-state index in [2.05, 4.69) is 27.3 Å². The number of benzene rings is 2. The quantitative estimate of drug-likeness (QED) is 0.750. The zero-order chi connectivity index (χ0) is 17.5. The summed E-state index contributed by atoms with van der Waals surface area (Å²) in [7, 11) is 2.03. The second-order valence-electron chi connectivity index (χ2n) is 5.90. The molecule has 0 unspecified atom stereocenters. The van der Waals surface area contributed by atoms with E-state index in [1.807, 2.05) is 67.7 Å². The number of pyridine rings is 1. The van der Waals surface area contributed by atoms with Crippen molar-refractivity contribution in [3.63, 3.8) is 0 Å². The molecule has 126 valence electrons. The average Bonchev–Trinajstić information content (AvgIpc) is 2.68. The normalized spacial score (nSPS) is 10.3. The van der Waals surface area contributed by atoms with Crippen molar-refractivity contribution in [2.75, 3.05) is 11.9 Å². The fourth-order valence-electron chi connectivity index (χ4n) is 2.61. The maximum Gasteiger partial charge on any atom is 0.251 e. The van der Waals surface area contributed by atoms with Crippen LogP contribution < -0.4 is 10.2 Å². The van der Waals surface area contributed by atoms with E-state index in [4.69, 9.17) is 0 Å². The molecule has 25 heavy (non-hydrogen) atoms. The van der Waals surface area contributed by atoms with E-state index >= 15 is 0 Å². The largest absolute Gasteiger partial charge is 0.370 e. The number of hydrogen-bond acceptors (Lipinski definition) is 3. The molecule has 0 aliphatic heterocycles. The summed E-state index contributed by atoms with van der Waals surface area (Å²) in [4.78, 5) is 18.7. The molecule has 4 nitrogen and oxygen atoms in total. The van der Waals surface area contributed by atoms with Gasteiger partial charge in [0.05, 0.1) is 12.2 Å². The highest BCUT2D eigenvalue weighted by molar-refractivity contribution is 5.95. The van der Waals surface area contributed by atoms with Crippen LogP contribution in [0.3, 0.4) is 0 Å². The van der Waals surface area contributed by atoms with Crippen LogP contribution in [0.1, 0.15) is 21.6 Å². The molecule has 2 aromatic carbocycles. The van der Waals surface area contributed by atoms with Gasteiger partial charge < -0.3 is 10.2 Å². The molecule has 0 radical (unpaired) electrons. The van der Waals surface area contributed by atoms with Gasteiger partial charge in [0, 0.05) is 31.0 Å². The van der Waals surface area contributed by atoms with Gasteiger partial charge in [0.1, 0.15) is 0 Å². The summed E-state index contributed by atoms with van der Waals surface area (Å²) < 4.78 is 0. The fraction of sp³-hybridized carbons (Fsp3) is 0.143. The van der Waals surface area contributed by atoms with E-state index in [9.17, 15) is 4.79 Å². The predicted octanol–water partition coefficient (Wildman–Crippen LogP) is 3.65. The molecule has 0 saturated carbocycles. The summed E-state index contributed by atoms with van der Waals surface area (Å²) in [5.74, 6) is -0.0967. The molecule has 1 N–H and O–H groups in total. The van der Waals surface area contributed by atoms with Crippen LogP contribution in [0.15, 0.2) is 79.0 Å². The van der Waals surface area contributed by atoms with Gasteiger partial charge in [-0.05, 0) is 35.9 Å². The van der Waals surface area contributed by atoms with Gasteiger partial charge >= 0.3 is 0 Å². The first-order valence-corrected chi connectivity index (χ1v) is 8.25. The van der Waals surface area contributed by atoms with Crippen LogP contribution in [0.2, 0.25) is 0 Å². The number of carbonyl (C=O) groups is 1. The van der Waals surface area contributed by atoms with E-state index in [0.29, 0.717) is 12.1 Å². The van der Waals surface area contributed by atoms with Gasteiger partial charge in [0.25, 0.3) is 5.91 Å². The van der Waals surface area contributed by atoms with Crippen molar-refractivity contribution >= 4 is 11.6 Å². The minimum atomic E-state index is -0.0967. The van der Waals surface area contributed by atoms with Crippen LogP contribution in [0.4, 0.5) is 5.69 Å². The first-order chi connectivity index (χ1) is 12.2. The van der Waals surface area contributed by atoms with E-state index in [1.165, 1.54) is 5.56 Å². The smallest absolute Gasteiger partial charge is 0.251 e. The van der Waals surface area contributed by atoms with Crippen LogP contribution in [-0.4, -0.2) is 17.9 Å². The third-order valence-corrected chi connectivity index (χ3v) is 3.97. The lowest BCUT2D eigenvalue weighted by Crippen LogP contribution is -2.24. The molecule has 0 aliphatic rings. The molecule has 3 rings (SSSR count). The lowest BCUT2D eigenvalue weighted by Gasteiger charge is -2.20. The standard InChI is InChI=1S/C21H21N3O/c1-24(16-17-8-3-2-4-9-17)20-12-7-10-18(14-20)21(25)23-15-19-11-5-6-13-22-19/h2-14H,15-16H2,1H3,(H,23,25). The SMILES string of the molecule is CN(Cc1ccccc1)c1cccc(C(=O)NCc2ccccn2)c1. The summed E-state index contributed by atoms with van der Waals surface area (Å²) >= 11 is 0. The molecule has 0 atom stereocenters. The highest BCUT2D eigenvalue weighted by atomic mass is 16.1. The number of aromatic nitrogens is 1. The van der Waals surface area contributed by atoms with Crippen LogP contribution in [-0.2, 0) is 13.1 Å². The zero-order valence-corrected chi connectivity index (χ0v) is 14.2. The number of nitrogens with one attached hydrogen (secondary N) is 1. The first kappa shape index (κ1) is 16.7. The number of anilines is 1. The highest BCUT2D eigenvalue weighted by Gasteiger charge is 2.09. The average molecular weight is 331 g/mol. The maximum atomic E-state index is 12.4. The molecule has 1 heterocycles. The predicted molar refractivity (Wildman–Crippen MR) is 100 cm³/mol. The van der Waals surface area contributed by atoms with Crippen molar-refractivity contribution in [3.8, 4) is 0 Å². The highest BCUT2D eigenvalue weighted by Crippen LogP contribution is 2.17. The van der Waals surface area contributed by atoms with Crippen LogP contribution in [0.5, 0.6) is 0 Å². The number of amides is 1. The molecular formula is C21H21N3O. The van der Waals surface area contributed by atoms with Crippen LogP contribution in [0.25, 0.3) is 0 Å². The number of nitrogens with zero attached hydrogens (tertiary/aromatic N) is 2. The minimum Gasteiger partial charge on any atom is -0.370 e. The summed E-state index contributed by atoms with van der Waals surface area (Å²) in [5, 5.41) is 2.91. The van der Waals surface area contributed by atoms with Crippen LogP contribution >= 0.6 is 0 Å². The Bertz CT molecular complexity index is 819. The summed E-state index contributed by atoms with van der Waals surface area (Å²) in [6.45, 7) is 1.21. The number of rotatable bonds is 6. The van der Waals surface area contributed by atoms with Crippen molar-refractivity contribution in [1.82, 2.24) is 10.3 Å². The Morgan fingerprint density at radius 3 is 2.56 bits per heavy atom. The Morgan fingerprint density at radius 2 is 1.80 bits per heavy atom. The van der Waals surface area contributed by atoms with Crippen LogP contribution in [0, 0.1) is 0 Å². The summed E-state index contributed by atoms with van der Waals surface area (Å²) in [6.07, 6.45) is 1.72. The first-order valence-electron chi connectivity index (χ1n) is 8.25. The van der Waals surface area contributed by atoms with Crippen molar-refractivity contribution in [2.45, 2.75) is 13.1 Å². The van der Waals surface area contributed by atoms with E-state index in [-0.39, 0.29) is 5.91 Å². The molecule has 4 heteroatoms. The molecule has 3 aromatic rings. The fourth-order valence-corrected chi connectivity index (χ4v) is 2.61. The molecule has 0 fully saturated rings. The molecule has 0 aliphatic carbocycles. The molecule has 0 spiro atoms. The van der Waals surface area contributed by atoms with Crippen molar-refractivity contribution < 1.29 is 4.79 Å². The lowest BCUT2D eigenvalue weighted by molar-refractivity contribution is 0.0950. The maximum absolute atomic E-state index is 12.4. The molecular weight excluding hydrogens is 310 g/mol. The Balaban J connectivity index is 1.65. The molecule has 0 saturated heterocycles. The Hall–Kier alpha value is -3.14. The summed E-state index contributed by atoms with van der Waals surface area (Å²) in [6, 6.07) is 23.6. The molecule has 1 amide bonds. The van der Waals surface area contributed by atoms with E-state index in [0.717, 1.165) is 17.9 Å². The third-order valence-electron chi connectivity index (χ3n) is 3.97. The Morgan fingerprint density at radius 1 is 1.00 bits per heavy atom. The van der Waals surface area contributed by atoms with Crippen molar-refractivity contribution in [1.29, 1.82) is 0 Å². The molecule has 0 bridgehead atoms. The van der Waals surface area contributed by atoms with Gasteiger partial charge in [-0.15, -0.1) is 0 Å². The van der Waals surface area contributed by atoms with Gasteiger partial charge in [0.15, 0.2) is 0 Å². The van der Waals surface area contributed by atoms with Gasteiger partial charge in [0.2, 0.25) is 0 Å². The summed E-state index contributed by atoms with van der Waals surface area (Å²) in [5.41, 5.74) is 3.73. The van der Waals surface area contributed by atoms with Gasteiger partial charge in [-0.2, -0.15) is 0 Å². The monoisotopic (exact) mass is 331 g/mol. The lowest BCUT2D eigenvalue weighted by atomic mass is 10.1. The van der Waals surface area contributed by atoms with Gasteiger partial charge in [-0.25, -0.2) is 0 Å². The van der Waals surface area contributed by atoms with Gasteiger partial charge in [-0.3, -0.25) is 9.78 Å². The van der Waals surface area contributed by atoms with E-state index in [1.54, 1.807) is 6.20 Å². The Labute approximate surface area is 148 Å². The second kappa shape index (κ2) is 8.11. The minimum absolute atomic E-state index is 0.0967. The number of carbonyl (C=O) groups excluding carboxylic acids is 1. The van der Waals surface area contributed by atoms with E-state index < -0.39 is 0 Å². The Kier molecular flexibility index (Phi) is 5.42.